The average Bonchev–Trinajstić information content (AvgIpc) is 3.05. The molecule has 0 saturated heterocycles. The van der Waals surface area contributed by atoms with Gasteiger partial charge in [0.15, 0.2) is 0 Å². The third-order valence-corrected chi connectivity index (χ3v) is 5.43. The van der Waals surface area contributed by atoms with Gasteiger partial charge in [0.25, 0.3) is 5.91 Å². The van der Waals surface area contributed by atoms with E-state index < -0.39 is 0 Å². The fourth-order valence-corrected chi connectivity index (χ4v) is 3.92. The number of rotatable bonds is 5. The summed E-state index contributed by atoms with van der Waals surface area (Å²) in [6.45, 7) is 2.80. The van der Waals surface area contributed by atoms with Crippen molar-refractivity contribution in [1.29, 1.82) is 0 Å². The van der Waals surface area contributed by atoms with Crippen LogP contribution < -0.4 is 5.32 Å². The van der Waals surface area contributed by atoms with E-state index in [2.05, 4.69) is 12.2 Å². The van der Waals surface area contributed by atoms with Gasteiger partial charge in [0.05, 0.1) is 4.88 Å². The molecule has 0 bridgehead atoms. The summed E-state index contributed by atoms with van der Waals surface area (Å²) in [6, 6.07) is 2.03. The van der Waals surface area contributed by atoms with Crippen LogP contribution in [-0.2, 0) is 6.42 Å². The molecule has 1 fully saturated rings. The molecule has 1 aliphatic rings. The largest absolute Gasteiger partial charge is 0.351 e. The molecule has 1 amide bonds. The molecule has 1 N–H and O–H groups in total. The lowest BCUT2D eigenvalue weighted by Crippen LogP contribution is -2.37. The van der Waals surface area contributed by atoms with E-state index in [-0.39, 0.29) is 11.3 Å². The lowest BCUT2D eigenvalue weighted by Gasteiger charge is -2.26. The number of nitrogens with one attached hydrogen (secondary N) is 1. The first-order valence-electron chi connectivity index (χ1n) is 6.61. The molecular weight excluding hydrogens is 266 g/mol. The molecule has 1 aromatic heterocycles. The number of carbonyl (C=O) groups is 1. The first-order chi connectivity index (χ1) is 8.71. The summed E-state index contributed by atoms with van der Waals surface area (Å²) in [4.78, 5) is 13.0. The van der Waals surface area contributed by atoms with Gasteiger partial charge < -0.3 is 5.32 Å². The minimum Gasteiger partial charge on any atom is -0.351 e. The van der Waals surface area contributed by atoms with Gasteiger partial charge in [-0.05, 0) is 36.3 Å². The first-order valence-corrected chi connectivity index (χ1v) is 8.03. The van der Waals surface area contributed by atoms with Crippen molar-refractivity contribution >= 4 is 28.8 Å². The Hall–Kier alpha value is -0.540. The highest BCUT2D eigenvalue weighted by molar-refractivity contribution is 7.12. The topological polar surface area (TPSA) is 29.1 Å². The van der Waals surface area contributed by atoms with Crippen molar-refractivity contribution in [3.8, 4) is 0 Å². The second kappa shape index (κ2) is 6.07. The van der Waals surface area contributed by atoms with Crippen molar-refractivity contribution in [2.45, 2.75) is 39.0 Å². The molecule has 4 heteroatoms. The van der Waals surface area contributed by atoms with Crippen molar-refractivity contribution in [3.63, 3.8) is 0 Å². The fourth-order valence-electron chi connectivity index (χ4n) is 2.64. The zero-order valence-corrected chi connectivity index (χ0v) is 12.4. The van der Waals surface area contributed by atoms with Gasteiger partial charge in [-0.2, -0.15) is 0 Å². The van der Waals surface area contributed by atoms with E-state index >= 15 is 0 Å². The zero-order chi connectivity index (χ0) is 13.0. The first kappa shape index (κ1) is 13.9. The Morgan fingerprint density at radius 1 is 1.50 bits per heavy atom. The lowest BCUT2D eigenvalue weighted by molar-refractivity contribution is 0.0938. The maximum atomic E-state index is 12.2. The van der Waals surface area contributed by atoms with Crippen LogP contribution in [-0.4, -0.2) is 18.3 Å². The maximum absolute atomic E-state index is 12.2. The molecule has 1 aromatic rings. The number of hydrogen-bond acceptors (Lipinski definition) is 2. The number of amides is 1. The highest BCUT2D eigenvalue weighted by atomic mass is 35.5. The molecule has 0 aromatic carbocycles. The van der Waals surface area contributed by atoms with Gasteiger partial charge in [-0.1, -0.05) is 19.8 Å². The summed E-state index contributed by atoms with van der Waals surface area (Å²) in [5.74, 6) is 0.719. The molecule has 1 heterocycles. The highest BCUT2D eigenvalue weighted by Gasteiger charge is 2.33. The van der Waals surface area contributed by atoms with Crippen LogP contribution in [0.1, 0.15) is 47.8 Å². The van der Waals surface area contributed by atoms with Gasteiger partial charge in [0.2, 0.25) is 0 Å². The Balaban J connectivity index is 1.96. The van der Waals surface area contributed by atoms with Crippen molar-refractivity contribution in [3.05, 3.63) is 21.9 Å². The van der Waals surface area contributed by atoms with Crippen molar-refractivity contribution in [2.75, 3.05) is 12.4 Å². The predicted octanol–water partition coefficient (Wildman–Crippen LogP) is 3.84. The number of halogens is 1. The van der Waals surface area contributed by atoms with E-state index in [9.17, 15) is 4.79 Å². The molecule has 18 heavy (non-hydrogen) atoms. The molecule has 0 spiro atoms. The predicted molar refractivity (Wildman–Crippen MR) is 77.7 cm³/mol. The van der Waals surface area contributed by atoms with Gasteiger partial charge in [-0.15, -0.1) is 22.9 Å². The number of carbonyl (C=O) groups excluding carboxylic acids is 1. The Bertz CT molecular complexity index is 410. The fraction of sp³-hybridized carbons (Fsp3) is 0.643. The Labute approximate surface area is 118 Å². The molecule has 0 aliphatic heterocycles. The summed E-state index contributed by atoms with van der Waals surface area (Å²) >= 11 is 7.61. The average molecular weight is 286 g/mol. The second-order valence-corrected chi connectivity index (χ2v) is 6.34. The van der Waals surface area contributed by atoms with Crippen LogP contribution in [0.2, 0.25) is 0 Å². The quantitative estimate of drug-likeness (QED) is 0.818. The van der Waals surface area contributed by atoms with Crippen LogP contribution in [0.15, 0.2) is 11.4 Å². The van der Waals surface area contributed by atoms with Gasteiger partial charge in [0, 0.05) is 17.8 Å². The van der Waals surface area contributed by atoms with Gasteiger partial charge in [0.1, 0.15) is 0 Å². The summed E-state index contributed by atoms with van der Waals surface area (Å²) in [5.41, 5.74) is 1.28. The molecule has 2 rings (SSSR count). The molecule has 0 unspecified atom stereocenters. The molecule has 2 nitrogen and oxygen atoms in total. The van der Waals surface area contributed by atoms with E-state index in [1.165, 1.54) is 24.2 Å². The van der Waals surface area contributed by atoms with E-state index in [1.54, 1.807) is 0 Å². The van der Waals surface area contributed by atoms with Gasteiger partial charge in [-0.25, -0.2) is 0 Å². The summed E-state index contributed by atoms with van der Waals surface area (Å²) in [6.07, 6.45) is 5.67. The van der Waals surface area contributed by atoms with Crippen molar-refractivity contribution in [1.82, 2.24) is 5.32 Å². The summed E-state index contributed by atoms with van der Waals surface area (Å²) in [7, 11) is 0. The van der Waals surface area contributed by atoms with Crippen molar-refractivity contribution in [2.24, 2.45) is 5.41 Å². The maximum Gasteiger partial charge on any atom is 0.261 e. The van der Waals surface area contributed by atoms with E-state index in [1.807, 2.05) is 11.4 Å². The normalized spacial score (nSPS) is 17.9. The molecule has 100 valence electrons. The van der Waals surface area contributed by atoms with Gasteiger partial charge in [-0.3, -0.25) is 4.79 Å². The summed E-state index contributed by atoms with van der Waals surface area (Å²) < 4.78 is 0. The van der Waals surface area contributed by atoms with Crippen molar-refractivity contribution < 1.29 is 4.79 Å². The number of aryl methyl sites for hydroxylation is 1. The highest BCUT2D eigenvalue weighted by Crippen LogP contribution is 2.38. The number of hydrogen-bond donors (Lipinski definition) is 1. The van der Waals surface area contributed by atoms with Crippen LogP contribution in [0.5, 0.6) is 0 Å². The van der Waals surface area contributed by atoms with E-state index in [0.717, 1.165) is 36.2 Å². The Morgan fingerprint density at radius 3 is 2.83 bits per heavy atom. The van der Waals surface area contributed by atoms with Crippen LogP contribution >= 0.6 is 22.9 Å². The SMILES string of the molecule is CCc1ccsc1C(=O)NCC1(CCl)CCCC1. The molecule has 1 aliphatic carbocycles. The number of alkyl halides is 1. The standard InChI is InChI=1S/C14H20ClNOS/c1-2-11-5-8-18-12(11)13(17)16-10-14(9-15)6-3-4-7-14/h5,8H,2-4,6-7,9-10H2,1H3,(H,16,17). The Kier molecular flexibility index (Phi) is 4.68. The Morgan fingerprint density at radius 2 is 2.22 bits per heavy atom. The molecule has 1 saturated carbocycles. The smallest absolute Gasteiger partial charge is 0.261 e. The third kappa shape index (κ3) is 2.89. The third-order valence-electron chi connectivity index (χ3n) is 3.91. The van der Waals surface area contributed by atoms with Crippen LogP contribution in [0.3, 0.4) is 0 Å². The van der Waals surface area contributed by atoms with Crippen LogP contribution in [0.4, 0.5) is 0 Å². The minimum absolute atomic E-state index is 0.0678. The molecule has 0 radical (unpaired) electrons. The van der Waals surface area contributed by atoms with Crippen LogP contribution in [0.25, 0.3) is 0 Å². The van der Waals surface area contributed by atoms with E-state index in [0.29, 0.717) is 5.88 Å². The van der Waals surface area contributed by atoms with E-state index in [4.69, 9.17) is 11.6 Å². The zero-order valence-electron chi connectivity index (χ0n) is 10.8. The monoisotopic (exact) mass is 285 g/mol. The van der Waals surface area contributed by atoms with Gasteiger partial charge >= 0.3 is 0 Å². The lowest BCUT2D eigenvalue weighted by atomic mass is 9.88. The minimum atomic E-state index is 0.0678. The molecule has 0 atom stereocenters. The molecular formula is C14H20ClNOS. The second-order valence-electron chi connectivity index (χ2n) is 5.15. The van der Waals surface area contributed by atoms with Crippen LogP contribution in [0, 0.1) is 5.41 Å². The number of thiophene rings is 1. The summed E-state index contributed by atoms with van der Waals surface area (Å²) in [5, 5.41) is 5.07.